The van der Waals surface area contributed by atoms with Crippen molar-refractivity contribution in [1.82, 2.24) is 9.62 Å². The van der Waals surface area contributed by atoms with Crippen molar-refractivity contribution in [2.75, 3.05) is 13.6 Å². The summed E-state index contributed by atoms with van der Waals surface area (Å²) in [5.74, 6) is 1.10. The first-order valence-electron chi connectivity index (χ1n) is 8.09. The molecule has 0 radical (unpaired) electrons. The van der Waals surface area contributed by atoms with Gasteiger partial charge in [0.1, 0.15) is 11.5 Å². The molecule has 1 aromatic carbocycles. The summed E-state index contributed by atoms with van der Waals surface area (Å²) in [4.78, 5) is 24.9. The second-order valence-corrected chi connectivity index (χ2v) is 7.76. The van der Waals surface area contributed by atoms with Gasteiger partial charge in [-0.3, -0.25) is 9.59 Å². The molecule has 0 fully saturated rings. The molecule has 0 bridgehead atoms. The summed E-state index contributed by atoms with van der Waals surface area (Å²) in [6, 6.07) is 9.27. The van der Waals surface area contributed by atoms with E-state index in [4.69, 9.17) is 4.42 Å². The Morgan fingerprint density at radius 1 is 1.12 bits per heavy atom. The first-order valence-corrected chi connectivity index (χ1v) is 9.57. The highest BCUT2D eigenvalue weighted by molar-refractivity contribution is 7.89. The Morgan fingerprint density at radius 2 is 1.77 bits per heavy atom. The van der Waals surface area contributed by atoms with Crippen LogP contribution in [-0.2, 0) is 21.4 Å². The second-order valence-electron chi connectivity index (χ2n) is 5.99. The molecule has 0 spiro atoms. The first kappa shape index (κ1) is 19.9. The molecule has 0 atom stereocenters. The molecular formula is C18H22N2O5S. The van der Waals surface area contributed by atoms with Crippen LogP contribution in [0.2, 0.25) is 0 Å². The molecule has 0 unspecified atom stereocenters. The molecule has 2 rings (SSSR count). The maximum atomic E-state index is 12.2. The number of nitrogens with zero attached hydrogens (tertiary/aromatic N) is 1. The Morgan fingerprint density at radius 3 is 2.31 bits per heavy atom. The van der Waals surface area contributed by atoms with E-state index in [1.807, 2.05) is 13.0 Å². The Bertz CT molecular complexity index is 885. The molecule has 7 nitrogen and oxygen atoms in total. The van der Waals surface area contributed by atoms with Gasteiger partial charge in [-0.2, -0.15) is 0 Å². The van der Waals surface area contributed by atoms with Gasteiger partial charge in [0, 0.05) is 25.6 Å². The Hall–Kier alpha value is -2.45. The molecule has 0 aliphatic rings. The SMILES string of the molecule is CC(=O)c1ccc(S(=O)(=O)NCCC(=O)N(C)Cc2ccc(C)o2)cc1. The summed E-state index contributed by atoms with van der Waals surface area (Å²) in [5.41, 5.74) is 0.439. The average molecular weight is 378 g/mol. The van der Waals surface area contributed by atoms with Gasteiger partial charge >= 0.3 is 0 Å². The maximum absolute atomic E-state index is 12.2. The van der Waals surface area contributed by atoms with E-state index >= 15 is 0 Å². The van der Waals surface area contributed by atoms with E-state index in [1.54, 1.807) is 13.1 Å². The lowest BCUT2D eigenvalue weighted by Gasteiger charge is -2.16. The van der Waals surface area contributed by atoms with Gasteiger partial charge in [-0.25, -0.2) is 13.1 Å². The van der Waals surface area contributed by atoms with E-state index in [-0.39, 0.29) is 29.6 Å². The molecular weight excluding hydrogens is 356 g/mol. The minimum atomic E-state index is -3.73. The Labute approximate surface area is 153 Å². The normalized spacial score (nSPS) is 11.3. The number of carbonyl (C=O) groups is 2. The summed E-state index contributed by atoms with van der Waals surface area (Å²) in [7, 11) is -2.10. The molecule has 0 aliphatic carbocycles. The van der Waals surface area contributed by atoms with Crippen LogP contribution in [0.25, 0.3) is 0 Å². The molecule has 1 N–H and O–H groups in total. The number of amides is 1. The maximum Gasteiger partial charge on any atom is 0.240 e. The molecule has 0 saturated carbocycles. The molecule has 140 valence electrons. The fraction of sp³-hybridized carbons (Fsp3) is 0.333. The summed E-state index contributed by atoms with van der Waals surface area (Å²) in [6.45, 7) is 3.54. The van der Waals surface area contributed by atoms with Crippen LogP contribution in [0.3, 0.4) is 0 Å². The number of hydrogen-bond donors (Lipinski definition) is 1. The quantitative estimate of drug-likeness (QED) is 0.710. The summed E-state index contributed by atoms with van der Waals surface area (Å²) < 4.78 is 32.3. The summed E-state index contributed by atoms with van der Waals surface area (Å²) >= 11 is 0. The number of furan rings is 1. The van der Waals surface area contributed by atoms with E-state index in [2.05, 4.69) is 4.72 Å². The molecule has 0 saturated heterocycles. The number of rotatable bonds is 8. The van der Waals surface area contributed by atoms with Crippen molar-refractivity contribution in [3.8, 4) is 0 Å². The van der Waals surface area contributed by atoms with Gasteiger partial charge in [0.2, 0.25) is 15.9 Å². The minimum Gasteiger partial charge on any atom is -0.464 e. The number of ketones is 1. The third kappa shape index (κ3) is 5.27. The standard InChI is InChI=1S/C18H22N2O5S/c1-13-4-7-16(25-13)12-20(3)18(22)10-11-19-26(23,24)17-8-5-15(6-9-17)14(2)21/h4-9,19H,10-12H2,1-3H3. The predicted octanol–water partition coefficient (Wildman–Crippen LogP) is 2.12. The van der Waals surface area contributed by atoms with Crippen LogP contribution < -0.4 is 4.72 Å². The van der Waals surface area contributed by atoms with Crippen LogP contribution in [0.4, 0.5) is 0 Å². The zero-order chi connectivity index (χ0) is 19.3. The number of carbonyl (C=O) groups excluding carboxylic acids is 2. The fourth-order valence-electron chi connectivity index (χ4n) is 2.33. The van der Waals surface area contributed by atoms with Gasteiger partial charge in [-0.15, -0.1) is 0 Å². The molecule has 26 heavy (non-hydrogen) atoms. The van der Waals surface area contributed by atoms with Crippen molar-refractivity contribution in [3.05, 3.63) is 53.5 Å². The predicted molar refractivity (Wildman–Crippen MR) is 96.2 cm³/mol. The van der Waals surface area contributed by atoms with Crippen molar-refractivity contribution in [3.63, 3.8) is 0 Å². The molecule has 0 aliphatic heterocycles. The van der Waals surface area contributed by atoms with Crippen molar-refractivity contribution < 1.29 is 22.4 Å². The highest BCUT2D eigenvalue weighted by atomic mass is 32.2. The highest BCUT2D eigenvalue weighted by Crippen LogP contribution is 2.12. The lowest BCUT2D eigenvalue weighted by Crippen LogP contribution is -2.31. The van der Waals surface area contributed by atoms with Crippen LogP contribution in [0.1, 0.15) is 35.2 Å². The van der Waals surface area contributed by atoms with Crippen LogP contribution in [0.5, 0.6) is 0 Å². The van der Waals surface area contributed by atoms with Crippen molar-refractivity contribution in [1.29, 1.82) is 0 Å². The Balaban J connectivity index is 1.87. The Kier molecular flexibility index (Phi) is 6.33. The number of aryl methyl sites for hydroxylation is 1. The van der Waals surface area contributed by atoms with Gasteiger partial charge < -0.3 is 9.32 Å². The molecule has 1 heterocycles. The van der Waals surface area contributed by atoms with Crippen LogP contribution in [-0.4, -0.2) is 38.6 Å². The molecule has 1 aromatic heterocycles. The van der Waals surface area contributed by atoms with Crippen molar-refractivity contribution in [2.24, 2.45) is 0 Å². The van der Waals surface area contributed by atoms with E-state index in [1.165, 1.54) is 36.1 Å². The van der Waals surface area contributed by atoms with Crippen LogP contribution in [0.15, 0.2) is 45.7 Å². The fourth-order valence-corrected chi connectivity index (χ4v) is 3.36. The van der Waals surface area contributed by atoms with E-state index in [9.17, 15) is 18.0 Å². The van der Waals surface area contributed by atoms with Gasteiger partial charge in [0.25, 0.3) is 0 Å². The number of nitrogens with one attached hydrogen (secondary N) is 1. The topological polar surface area (TPSA) is 96.7 Å². The van der Waals surface area contributed by atoms with E-state index in [0.29, 0.717) is 17.9 Å². The van der Waals surface area contributed by atoms with E-state index < -0.39 is 10.0 Å². The van der Waals surface area contributed by atoms with Gasteiger partial charge in [-0.1, -0.05) is 12.1 Å². The lowest BCUT2D eigenvalue weighted by atomic mass is 10.2. The van der Waals surface area contributed by atoms with Gasteiger partial charge in [0.05, 0.1) is 11.4 Å². The number of benzene rings is 1. The van der Waals surface area contributed by atoms with Crippen LogP contribution >= 0.6 is 0 Å². The molecule has 1 amide bonds. The van der Waals surface area contributed by atoms with E-state index in [0.717, 1.165) is 5.76 Å². The number of hydrogen-bond acceptors (Lipinski definition) is 5. The minimum absolute atomic E-state index is 0.0167. The van der Waals surface area contributed by atoms with Crippen LogP contribution in [0, 0.1) is 6.92 Å². The first-order chi connectivity index (χ1) is 12.2. The highest BCUT2D eigenvalue weighted by Gasteiger charge is 2.16. The van der Waals surface area contributed by atoms with Crippen molar-refractivity contribution >= 4 is 21.7 Å². The largest absolute Gasteiger partial charge is 0.464 e. The van der Waals surface area contributed by atoms with Gasteiger partial charge in [0.15, 0.2) is 5.78 Å². The molecule has 2 aromatic rings. The van der Waals surface area contributed by atoms with Crippen molar-refractivity contribution in [2.45, 2.75) is 31.7 Å². The molecule has 8 heteroatoms. The summed E-state index contributed by atoms with van der Waals surface area (Å²) in [5, 5.41) is 0. The second kappa shape index (κ2) is 8.29. The zero-order valence-corrected chi connectivity index (χ0v) is 15.8. The lowest BCUT2D eigenvalue weighted by molar-refractivity contribution is -0.130. The summed E-state index contributed by atoms with van der Waals surface area (Å²) in [6.07, 6.45) is 0.0287. The third-order valence-electron chi connectivity index (χ3n) is 3.82. The monoisotopic (exact) mass is 378 g/mol. The zero-order valence-electron chi connectivity index (χ0n) is 15.0. The number of sulfonamides is 1. The smallest absolute Gasteiger partial charge is 0.240 e. The number of Topliss-reactive ketones (excluding diaryl/α,β-unsaturated/α-hetero) is 1. The van der Waals surface area contributed by atoms with Gasteiger partial charge in [-0.05, 0) is 38.1 Å². The average Bonchev–Trinajstić information content (AvgIpc) is 2.99. The third-order valence-corrected chi connectivity index (χ3v) is 5.29.